The van der Waals surface area contributed by atoms with Crippen molar-refractivity contribution < 1.29 is 9.47 Å². The maximum Gasteiger partial charge on any atom is 0.138 e. The second-order valence-electron chi connectivity index (χ2n) is 5.45. The molecule has 0 saturated carbocycles. The number of hydrogen-bond acceptors (Lipinski definition) is 2. The van der Waals surface area contributed by atoms with Crippen LogP contribution in [0.3, 0.4) is 0 Å². The third kappa shape index (κ3) is 3.20. The molecule has 2 aromatic carbocycles. The quantitative estimate of drug-likeness (QED) is 0.657. The highest BCUT2D eigenvalue weighted by Gasteiger charge is 2.26. The van der Waals surface area contributed by atoms with Crippen LogP contribution in [0.15, 0.2) is 47.4 Å². The van der Waals surface area contributed by atoms with E-state index in [1.807, 2.05) is 18.2 Å². The summed E-state index contributed by atoms with van der Waals surface area (Å²) in [5.41, 5.74) is 2.21. The Morgan fingerprint density at radius 3 is 1.91 bits per heavy atom. The van der Waals surface area contributed by atoms with Crippen molar-refractivity contribution in [1.29, 1.82) is 0 Å². The van der Waals surface area contributed by atoms with Crippen molar-refractivity contribution in [1.82, 2.24) is 0 Å². The summed E-state index contributed by atoms with van der Waals surface area (Å²) in [4.78, 5) is 1.39. The van der Waals surface area contributed by atoms with Gasteiger partial charge < -0.3 is 9.47 Å². The van der Waals surface area contributed by atoms with E-state index in [1.165, 1.54) is 22.2 Å². The van der Waals surface area contributed by atoms with Crippen LogP contribution in [0.5, 0.6) is 11.5 Å². The van der Waals surface area contributed by atoms with Gasteiger partial charge in [0.25, 0.3) is 0 Å². The molecule has 0 heterocycles. The van der Waals surface area contributed by atoms with E-state index < -0.39 is 10.0 Å². The Labute approximate surface area is 142 Å². The minimum Gasteiger partial charge on any atom is -0.496 e. The molecule has 0 atom stereocenters. The second-order valence-corrected chi connectivity index (χ2v) is 9.71. The molecular formula is C20H28O2S. The molecule has 0 spiro atoms. The Morgan fingerprint density at radius 1 is 0.739 bits per heavy atom. The topological polar surface area (TPSA) is 18.5 Å². The fraction of sp³-hybridized carbons (Fsp3) is 0.400. The van der Waals surface area contributed by atoms with Gasteiger partial charge in [0.05, 0.1) is 14.2 Å². The molecule has 0 amide bonds. The Morgan fingerprint density at radius 2 is 1.35 bits per heavy atom. The van der Waals surface area contributed by atoms with Gasteiger partial charge in [-0.1, -0.05) is 51.1 Å². The third-order valence-electron chi connectivity index (χ3n) is 4.70. The summed E-state index contributed by atoms with van der Waals surface area (Å²) in [5, 5.41) is 0. The highest BCUT2D eigenvalue weighted by atomic mass is 32.3. The Bertz CT molecular complexity index is 640. The zero-order chi connectivity index (χ0) is 16.9. The minimum absolute atomic E-state index is 0.848. The van der Waals surface area contributed by atoms with Gasteiger partial charge in [0, 0.05) is 16.0 Å². The Kier molecular flexibility index (Phi) is 6.00. The molecule has 0 unspecified atom stereocenters. The van der Waals surface area contributed by atoms with Crippen molar-refractivity contribution >= 4 is 10.0 Å². The van der Waals surface area contributed by atoms with Gasteiger partial charge in [0.2, 0.25) is 0 Å². The molecule has 0 aliphatic rings. The first kappa shape index (κ1) is 17.7. The van der Waals surface area contributed by atoms with Crippen LogP contribution in [0, 0.1) is 0 Å². The number of benzene rings is 2. The van der Waals surface area contributed by atoms with Crippen LogP contribution >= 0.6 is 10.0 Å². The molecule has 0 radical (unpaired) electrons. The standard InChI is InChI=1S/C20H28O2S/c1-6-23(7-2,8-3)19-15-11-13-17(20(19)22-5)16-12-9-10-14-18(16)21-4/h9-15H,6-8H2,1-5H3. The number of hydrogen-bond donors (Lipinski definition) is 0. The maximum atomic E-state index is 5.91. The molecule has 126 valence electrons. The van der Waals surface area contributed by atoms with E-state index in [2.05, 4.69) is 45.0 Å². The van der Waals surface area contributed by atoms with Gasteiger partial charge in [-0.15, -0.1) is 0 Å². The SMILES string of the molecule is CCS(CC)(CC)c1cccc(-c2ccccc2OC)c1OC. The van der Waals surface area contributed by atoms with Gasteiger partial charge in [0.15, 0.2) is 0 Å². The largest absolute Gasteiger partial charge is 0.496 e. The van der Waals surface area contributed by atoms with E-state index >= 15 is 0 Å². The molecule has 23 heavy (non-hydrogen) atoms. The Balaban J connectivity index is 2.71. The third-order valence-corrected chi connectivity index (χ3v) is 9.27. The molecule has 2 nitrogen and oxygen atoms in total. The zero-order valence-corrected chi connectivity index (χ0v) is 15.7. The average molecular weight is 333 g/mol. The molecule has 0 bridgehead atoms. The molecule has 0 fully saturated rings. The summed E-state index contributed by atoms with van der Waals surface area (Å²) in [5.74, 6) is 5.45. The van der Waals surface area contributed by atoms with Crippen LogP contribution in [0.4, 0.5) is 0 Å². The lowest BCUT2D eigenvalue weighted by molar-refractivity contribution is 0.403. The van der Waals surface area contributed by atoms with E-state index in [0.717, 1.165) is 22.6 Å². The number of para-hydroxylation sites is 2. The first-order valence-electron chi connectivity index (χ1n) is 8.24. The average Bonchev–Trinajstić information content (AvgIpc) is 2.63. The van der Waals surface area contributed by atoms with Crippen LogP contribution in [-0.2, 0) is 0 Å². The van der Waals surface area contributed by atoms with E-state index in [0.29, 0.717) is 0 Å². The van der Waals surface area contributed by atoms with Crippen molar-refractivity contribution in [2.24, 2.45) is 0 Å². The molecule has 2 rings (SSSR count). The van der Waals surface area contributed by atoms with Crippen molar-refractivity contribution in [3.63, 3.8) is 0 Å². The summed E-state index contributed by atoms with van der Waals surface area (Å²) >= 11 is 0. The van der Waals surface area contributed by atoms with E-state index in [1.54, 1.807) is 14.2 Å². The molecule has 0 aliphatic heterocycles. The predicted molar refractivity (Wildman–Crippen MR) is 102 cm³/mol. The lowest BCUT2D eigenvalue weighted by atomic mass is 10.0. The number of rotatable bonds is 7. The van der Waals surface area contributed by atoms with Gasteiger partial charge in [-0.3, -0.25) is 0 Å². The number of ether oxygens (including phenoxy) is 2. The van der Waals surface area contributed by atoms with Crippen molar-refractivity contribution in [3.05, 3.63) is 42.5 Å². The summed E-state index contributed by atoms with van der Waals surface area (Å²) in [6.07, 6.45) is 0. The molecule has 3 heteroatoms. The second kappa shape index (κ2) is 7.78. The zero-order valence-electron chi connectivity index (χ0n) is 14.9. The van der Waals surface area contributed by atoms with Crippen molar-refractivity contribution in [3.8, 4) is 22.6 Å². The molecule has 0 saturated heterocycles. The fourth-order valence-electron chi connectivity index (χ4n) is 3.23. The highest BCUT2D eigenvalue weighted by Crippen LogP contribution is 2.60. The Hall–Kier alpha value is -1.61. The van der Waals surface area contributed by atoms with E-state index in [9.17, 15) is 0 Å². The smallest absolute Gasteiger partial charge is 0.138 e. The summed E-state index contributed by atoms with van der Waals surface area (Å²) in [6.45, 7) is 6.91. The lowest BCUT2D eigenvalue weighted by Crippen LogP contribution is -2.11. The van der Waals surface area contributed by atoms with E-state index in [-0.39, 0.29) is 0 Å². The van der Waals surface area contributed by atoms with Crippen molar-refractivity contribution in [2.45, 2.75) is 25.7 Å². The van der Waals surface area contributed by atoms with Crippen LogP contribution in [0.2, 0.25) is 0 Å². The van der Waals surface area contributed by atoms with E-state index in [4.69, 9.17) is 9.47 Å². The van der Waals surface area contributed by atoms with Gasteiger partial charge in [-0.2, -0.15) is 0 Å². The van der Waals surface area contributed by atoms with Crippen LogP contribution in [0.25, 0.3) is 11.1 Å². The van der Waals surface area contributed by atoms with Crippen LogP contribution in [0.1, 0.15) is 20.8 Å². The minimum atomic E-state index is -0.848. The monoisotopic (exact) mass is 332 g/mol. The summed E-state index contributed by atoms with van der Waals surface area (Å²) in [7, 11) is 2.65. The molecule has 0 aromatic heterocycles. The first-order chi connectivity index (χ1) is 11.2. The van der Waals surface area contributed by atoms with Crippen molar-refractivity contribution in [2.75, 3.05) is 31.5 Å². The number of methoxy groups -OCH3 is 2. The van der Waals surface area contributed by atoms with Gasteiger partial charge in [-0.05, 0) is 29.4 Å². The van der Waals surface area contributed by atoms with Gasteiger partial charge in [0.1, 0.15) is 11.5 Å². The van der Waals surface area contributed by atoms with Crippen LogP contribution < -0.4 is 9.47 Å². The predicted octanol–water partition coefficient (Wildman–Crippen LogP) is 5.59. The lowest BCUT2D eigenvalue weighted by Gasteiger charge is -2.39. The summed E-state index contributed by atoms with van der Waals surface area (Å²) < 4.78 is 11.5. The first-order valence-corrected chi connectivity index (χ1v) is 10.4. The molecule has 0 N–H and O–H groups in total. The molecule has 2 aromatic rings. The molecule has 0 aliphatic carbocycles. The summed E-state index contributed by atoms with van der Waals surface area (Å²) in [6, 6.07) is 14.7. The van der Waals surface area contributed by atoms with Gasteiger partial charge in [-0.25, -0.2) is 10.0 Å². The highest BCUT2D eigenvalue weighted by molar-refractivity contribution is 8.33. The fourth-order valence-corrected chi connectivity index (χ4v) is 6.34. The molecular weight excluding hydrogens is 304 g/mol. The maximum absolute atomic E-state index is 5.91. The van der Waals surface area contributed by atoms with Gasteiger partial charge >= 0.3 is 0 Å². The normalized spacial score (nSPS) is 12.0. The van der Waals surface area contributed by atoms with Crippen LogP contribution in [-0.4, -0.2) is 31.5 Å².